The summed E-state index contributed by atoms with van der Waals surface area (Å²) in [7, 11) is 0. The van der Waals surface area contributed by atoms with Gasteiger partial charge in [0.05, 0.1) is 0 Å². The Morgan fingerprint density at radius 3 is 2.00 bits per heavy atom. The summed E-state index contributed by atoms with van der Waals surface area (Å²) in [6.45, 7) is 0. The van der Waals surface area contributed by atoms with Crippen LogP contribution in [0, 0.1) is 0 Å². The van der Waals surface area contributed by atoms with Crippen molar-refractivity contribution in [1.82, 2.24) is 0 Å². The highest BCUT2D eigenvalue weighted by atomic mass is 35.5. The lowest BCUT2D eigenvalue weighted by molar-refractivity contribution is 0.358. The maximum absolute atomic E-state index is 12.4. The van der Waals surface area contributed by atoms with Gasteiger partial charge in [0, 0.05) is 12.3 Å². The summed E-state index contributed by atoms with van der Waals surface area (Å²) in [5.74, 6) is 0.669. The largest absolute Gasteiger partial charge is 0.257 e. The predicted octanol–water partition coefficient (Wildman–Crippen LogP) is 4.28. The molecule has 0 unspecified atom stereocenters. The highest BCUT2D eigenvalue weighted by molar-refractivity contribution is 6.47. The van der Waals surface area contributed by atoms with Gasteiger partial charge in [-0.15, -0.1) is 11.6 Å². The molecule has 0 saturated carbocycles. The summed E-state index contributed by atoms with van der Waals surface area (Å²) in [5, 5.41) is 0. The summed E-state index contributed by atoms with van der Waals surface area (Å²) in [6.07, 6.45) is 3.87. The average Bonchev–Trinajstić information content (AvgIpc) is 1.85. The van der Waals surface area contributed by atoms with E-state index in [-0.39, 0.29) is 6.42 Å². The van der Waals surface area contributed by atoms with Crippen LogP contribution in [0.4, 0.5) is 4.39 Å². The lowest BCUT2D eigenvalue weighted by atomic mass is 10.2. The van der Waals surface area contributed by atoms with Crippen molar-refractivity contribution in [3.8, 4) is 0 Å². The van der Waals surface area contributed by atoms with Gasteiger partial charge >= 0.3 is 0 Å². The van der Waals surface area contributed by atoms with Crippen LogP contribution in [-0.4, -0.2) is 10.5 Å². The van der Waals surface area contributed by atoms with Gasteiger partial charge in [-0.1, -0.05) is 36.0 Å². The Morgan fingerprint density at radius 1 is 1.00 bits per heavy atom. The van der Waals surface area contributed by atoms with Crippen LogP contribution in [0.25, 0.3) is 0 Å². The van der Waals surface area contributed by atoms with E-state index in [0.717, 1.165) is 25.7 Å². The number of unbranched alkanes of at least 4 members (excludes halogenated alkanes) is 3. The van der Waals surface area contributed by atoms with E-state index < -0.39 is 4.59 Å². The van der Waals surface area contributed by atoms with Gasteiger partial charge in [-0.25, -0.2) is 4.39 Å². The second-order valence-electron chi connectivity index (χ2n) is 2.47. The van der Waals surface area contributed by atoms with Crippen LogP contribution < -0.4 is 0 Å². The number of hydrogen-bond acceptors (Lipinski definition) is 0. The van der Waals surface area contributed by atoms with Crippen molar-refractivity contribution in [1.29, 1.82) is 0 Å². The molecule has 0 aliphatic carbocycles. The van der Waals surface area contributed by atoms with E-state index in [9.17, 15) is 4.39 Å². The Hall–Kier alpha value is 0.800. The normalized spacial score (nSPS) is 12.0. The number of hydrogen-bond donors (Lipinski definition) is 0. The summed E-state index contributed by atoms with van der Waals surface area (Å²) < 4.78 is 10.4. The molecule has 0 amide bonds. The van der Waals surface area contributed by atoms with E-state index >= 15 is 0 Å². The molecular weight excluding hydrogens is 209 g/mol. The van der Waals surface area contributed by atoms with E-state index in [1.165, 1.54) is 0 Å². The van der Waals surface area contributed by atoms with Gasteiger partial charge in [0.1, 0.15) is 0 Å². The summed E-state index contributed by atoms with van der Waals surface area (Å²) in [6, 6.07) is 0. The second-order valence-corrected chi connectivity index (χ2v) is 4.24. The Balaban J connectivity index is 3.02. The third kappa shape index (κ3) is 10.8. The van der Waals surface area contributed by atoms with Crippen molar-refractivity contribution in [2.45, 2.75) is 36.7 Å². The molecule has 0 spiro atoms. The Bertz CT molecular complexity index is 90.2. The molecule has 0 aliphatic rings. The molecule has 0 aliphatic heterocycles. The molecule has 0 N–H and O–H groups in total. The zero-order valence-corrected chi connectivity index (χ0v) is 8.52. The van der Waals surface area contributed by atoms with Gasteiger partial charge in [0.25, 0.3) is 4.59 Å². The van der Waals surface area contributed by atoms with Crippen molar-refractivity contribution in [2.75, 3.05) is 5.88 Å². The maximum atomic E-state index is 12.4. The van der Waals surface area contributed by atoms with Crippen molar-refractivity contribution < 1.29 is 4.39 Å². The quantitative estimate of drug-likeness (QED) is 0.464. The minimum atomic E-state index is -2.04. The van der Waals surface area contributed by atoms with Crippen LogP contribution in [0.2, 0.25) is 0 Å². The van der Waals surface area contributed by atoms with Crippen LogP contribution >= 0.6 is 34.8 Å². The van der Waals surface area contributed by atoms with Gasteiger partial charge in [0.2, 0.25) is 0 Å². The number of alkyl halides is 4. The number of halogens is 4. The SMILES string of the molecule is FC(Cl)(Cl)CCCCCCCl. The first kappa shape index (κ1) is 11.8. The molecule has 0 heterocycles. The van der Waals surface area contributed by atoms with Crippen LogP contribution in [-0.2, 0) is 0 Å². The molecule has 4 heteroatoms. The van der Waals surface area contributed by atoms with Gasteiger partial charge in [-0.05, 0) is 12.8 Å². The van der Waals surface area contributed by atoms with E-state index in [1.807, 2.05) is 0 Å². The van der Waals surface area contributed by atoms with Crippen LogP contribution in [0.1, 0.15) is 32.1 Å². The maximum Gasteiger partial charge on any atom is 0.257 e. The molecule has 0 nitrogen and oxygen atoms in total. The zero-order valence-electron chi connectivity index (χ0n) is 6.25. The highest BCUT2D eigenvalue weighted by Crippen LogP contribution is 2.28. The smallest absolute Gasteiger partial charge is 0.208 e. The molecule has 0 aromatic heterocycles. The van der Waals surface area contributed by atoms with Gasteiger partial charge in [0.15, 0.2) is 0 Å². The van der Waals surface area contributed by atoms with E-state index in [2.05, 4.69) is 0 Å². The Kier molecular flexibility index (Phi) is 6.79. The Labute approximate surface area is 82.0 Å². The molecule has 0 saturated heterocycles. The highest BCUT2D eigenvalue weighted by Gasteiger charge is 2.20. The fourth-order valence-corrected chi connectivity index (χ4v) is 1.23. The average molecular weight is 222 g/mol. The first-order valence-corrected chi connectivity index (χ1v) is 4.98. The molecule has 0 aromatic carbocycles. The fraction of sp³-hybridized carbons (Fsp3) is 1.00. The van der Waals surface area contributed by atoms with Gasteiger partial charge in [-0.2, -0.15) is 0 Å². The summed E-state index contributed by atoms with van der Waals surface area (Å²) in [5.41, 5.74) is 0. The summed E-state index contributed by atoms with van der Waals surface area (Å²) >= 11 is 15.7. The molecular formula is C7H12Cl3F. The van der Waals surface area contributed by atoms with E-state index in [0.29, 0.717) is 5.88 Å². The van der Waals surface area contributed by atoms with E-state index in [4.69, 9.17) is 34.8 Å². The van der Waals surface area contributed by atoms with E-state index in [1.54, 1.807) is 0 Å². The molecule has 68 valence electrons. The molecule has 0 bridgehead atoms. The molecule has 11 heavy (non-hydrogen) atoms. The standard InChI is InChI=1S/C7H12Cl3F/c8-6-4-2-1-3-5-7(9,10)11/h1-6H2. The topological polar surface area (TPSA) is 0 Å². The number of rotatable bonds is 6. The van der Waals surface area contributed by atoms with Crippen molar-refractivity contribution >= 4 is 34.8 Å². The third-order valence-corrected chi connectivity index (χ3v) is 1.99. The molecule has 0 radical (unpaired) electrons. The lowest BCUT2D eigenvalue weighted by Crippen LogP contribution is -2.02. The summed E-state index contributed by atoms with van der Waals surface area (Å²) in [4.78, 5) is 0. The second kappa shape index (κ2) is 6.33. The van der Waals surface area contributed by atoms with Crippen LogP contribution in [0.15, 0.2) is 0 Å². The minimum Gasteiger partial charge on any atom is -0.208 e. The first-order valence-electron chi connectivity index (χ1n) is 3.69. The fourth-order valence-electron chi connectivity index (χ4n) is 0.773. The zero-order chi connectivity index (χ0) is 8.74. The first-order chi connectivity index (χ1) is 5.06. The molecule has 0 aromatic rings. The van der Waals surface area contributed by atoms with Gasteiger partial charge in [-0.3, -0.25) is 0 Å². The van der Waals surface area contributed by atoms with Crippen molar-refractivity contribution in [2.24, 2.45) is 0 Å². The van der Waals surface area contributed by atoms with Crippen LogP contribution in [0.3, 0.4) is 0 Å². The predicted molar refractivity (Wildman–Crippen MR) is 49.4 cm³/mol. The third-order valence-electron chi connectivity index (χ3n) is 1.34. The molecule has 0 atom stereocenters. The molecule has 0 rings (SSSR count). The Morgan fingerprint density at radius 2 is 1.55 bits per heavy atom. The lowest BCUT2D eigenvalue weighted by Gasteiger charge is -2.07. The van der Waals surface area contributed by atoms with Crippen LogP contribution in [0.5, 0.6) is 0 Å². The monoisotopic (exact) mass is 220 g/mol. The van der Waals surface area contributed by atoms with Crippen molar-refractivity contribution in [3.63, 3.8) is 0 Å². The molecule has 0 fully saturated rings. The van der Waals surface area contributed by atoms with Crippen molar-refractivity contribution in [3.05, 3.63) is 0 Å². The van der Waals surface area contributed by atoms with Gasteiger partial charge < -0.3 is 0 Å². The minimum absolute atomic E-state index is 0.207.